The number of amides is 1. The summed E-state index contributed by atoms with van der Waals surface area (Å²) in [5.41, 5.74) is 2.89. The molecule has 0 saturated carbocycles. The Balaban J connectivity index is 1.70. The Morgan fingerprint density at radius 3 is 2.54 bits per heavy atom. The molecule has 28 heavy (non-hydrogen) atoms. The van der Waals surface area contributed by atoms with Crippen molar-refractivity contribution in [3.05, 3.63) is 76.7 Å². The summed E-state index contributed by atoms with van der Waals surface area (Å²) in [6, 6.07) is 13.2. The summed E-state index contributed by atoms with van der Waals surface area (Å²) >= 11 is 6.13. The minimum absolute atomic E-state index is 0.130. The van der Waals surface area contributed by atoms with Gasteiger partial charge < -0.3 is 15.4 Å². The number of ether oxygens (including phenoxy) is 1. The Hall–Kier alpha value is -3.12. The molecule has 0 aliphatic rings. The highest BCUT2D eigenvalue weighted by molar-refractivity contribution is 6.31. The molecular weight excluding hydrogens is 376 g/mol. The Bertz CT molecular complexity index is 962. The maximum atomic E-state index is 12.4. The Kier molecular flexibility index (Phi) is 6.11. The van der Waals surface area contributed by atoms with Crippen LogP contribution in [0.15, 0.2) is 54.9 Å². The van der Waals surface area contributed by atoms with E-state index in [1.807, 2.05) is 50.2 Å². The van der Waals surface area contributed by atoms with Gasteiger partial charge in [-0.05, 0) is 31.0 Å². The molecule has 1 atom stereocenters. The lowest BCUT2D eigenvalue weighted by Gasteiger charge is -2.14. The summed E-state index contributed by atoms with van der Waals surface area (Å²) in [6.07, 6.45) is 2.94. The Morgan fingerprint density at radius 2 is 1.89 bits per heavy atom. The van der Waals surface area contributed by atoms with Crippen molar-refractivity contribution in [2.75, 3.05) is 12.4 Å². The number of rotatable bonds is 6. The highest BCUT2D eigenvalue weighted by atomic mass is 35.5. The van der Waals surface area contributed by atoms with Crippen LogP contribution in [0.1, 0.15) is 34.6 Å². The molecule has 7 heteroatoms. The Labute approximate surface area is 168 Å². The zero-order valence-electron chi connectivity index (χ0n) is 15.9. The van der Waals surface area contributed by atoms with Crippen LogP contribution >= 0.6 is 11.6 Å². The van der Waals surface area contributed by atoms with E-state index in [9.17, 15) is 4.79 Å². The van der Waals surface area contributed by atoms with Crippen molar-refractivity contribution in [1.82, 2.24) is 15.3 Å². The van der Waals surface area contributed by atoms with Gasteiger partial charge in [-0.3, -0.25) is 4.79 Å². The van der Waals surface area contributed by atoms with Crippen LogP contribution in [0.3, 0.4) is 0 Å². The van der Waals surface area contributed by atoms with E-state index >= 15 is 0 Å². The average molecular weight is 397 g/mol. The van der Waals surface area contributed by atoms with Gasteiger partial charge in [0, 0.05) is 11.1 Å². The monoisotopic (exact) mass is 396 g/mol. The van der Waals surface area contributed by atoms with Crippen LogP contribution in [0, 0.1) is 6.92 Å². The van der Waals surface area contributed by atoms with Gasteiger partial charge in [-0.1, -0.05) is 41.9 Å². The lowest BCUT2D eigenvalue weighted by Crippen LogP contribution is -2.27. The van der Waals surface area contributed by atoms with Crippen molar-refractivity contribution < 1.29 is 9.53 Å². The van der Waals surface area contributed by atoms with Crippen LogP contribution in [-0.2, 0) is 0 Å². The fourth-order valence-electron chi connectivity index (χ4n) is 2.67. The minimum atomic E-state index is -0.282. The number of hydrogen-bond acceptors (Lipinski definition) is 5. The van der Waals surface area contributed by atoms with Gasteiger partial charge in [0.15, 0.2) is 0 Å². The topological polar surface area (TPSA) is 76.1 Å². The first-order valence-electron chi connectivity index (χ1n) is 8.77. The second-order valence-corrected chi connectivity index (χ2v) is 6.73. The SMILES string of the molecule is COc1cc(Cl)c(C)cc1Nc1cnc(C(=O)NC(C)c2ccccc2)cn1. The molecule has 1 heterocycles. The van der Waals surface area contributed by atoms with Gasteiger partial charge in [0.05, 0.1) is 31.2 Å². The normalized spacial score (nSPS) is 11.6. The van der Waals surface area contributed by atoms with E-state index in [0.29, 0.717) is 22.3 Å². The van der Waals surface area contributed by atoms with Gasteiger partial charge in [0.1, 0.15) is 17.3 Å². The summed E-state index contributed by atoms with van der Waals surface area (Å²) < 4.78 is 5.34. The third kappa shape index (κ3) is 4.58. The van der Waals surface area contributed by atoms with E-state index in [0.717, 1.165) is 11.1 Å². The predicted molar refractivity (Wildman–Crippen MR) is 110 cm³/mol. The number of methoxy groups -OCH3 is 1. The van der Waals surface area contributed by atoms with Crippen LogP contribution in [0.5, 0.6) is 5.75 Å². The molecule has 1 amide bonds. The molecule has 0 aliphatic heterocycles. The van der Waals surface area contributed by atoms with Crippen molar-refractivity contribution in [1.29, 1.82) is 0 Å². The van der Waals surface area contributed by atoms with E-state index in [1.165, 1.54) is 12.4 Å². The lowest BCUT2D eigenvalue weighted by molar-refractivity contribution is 0.0934. The molecule has 0 aliphatic carbocycles. The number of hydrogen-bond donors (Lipinski definition) is 2. The molecular formula is C21H21ClN4O2. The zero-order chi connectivity index (χ0) is 20.1. The van der Waals surface area contributed by atoms with Crippen molar-refractivity contribution in [2.45, 2.75) is 19.9 Å². The van der Waals surface area contributed by atoms with Gasteiger partial charge in [0.2, 0.25) is 0 Å². The molecule has 6 nitrogen and oxygen atoms in total. The molecule has 2 N–H and O–H groups in total. The number of nitrogens with one attached hydrogen (secondary N) is 2. The van der Waals surface area contributed by atoms with Crippen LogP contribution in [-0.4, -0.2) is 23.0 Å². The fraction of sp³-hybridized carbons (Fsp3) is 0.190. The van der Waals surface area contributed by atoms with E-state index in [1.54, 1.807) is 13.2 Å². The average Bonchev–Trinajstić information content (AvgIpc) is 2.71. The van der Waals surface area contributed by atoms with E-state index in [-0.39, 0.29) is 17.6 Å². The molecule has 0 spiro atoms. The molecule has 144 valence electrons. The summed E-state index contributed by atoms with van der Waals surface area (Å²) in [5.74, 6) is 0.805. The highest BCUT2D eigenvalue weighted by Gasteiger charge is 2.13. The molecule has 1 unspecified atom stereocenters. The third-order valence-corrected chi connectivity index (χ3v) is 4.68. The van der Waals surface area contributed by atoms with Gasteiger partial charge in [0.25, 0.3) is 5.91 Å². The second-order valence-electron chi connectivity index (χ2n) is 6.32. The van der Waals surface area contributed by atoms with E-state index in [4.69, 9.17) is 16.3 Å². The summed E-state index contributed by atoms with van der Waals surface area (Å²) in [4.78, 5) is 20.9. The van der Waals surface area contributed by atoms with E-state index < -0.39 is 0 Å². The van der Waals surface area contributed by atoms with Crippen molar-refractivity contribution in [3.8, 4) is 5.75 Å². The van der Waals surface area contributed by atoms with E-state index in [2.05, 4.69) is 20.6 Å². The van der Waals surface area contributed by atoms with Crippen molar-refractivity contribution >= 4 is 29.0 Å². The molecule has 0 bridgehead atoms. The quantitative estimate of drug-likeness (QED) is 0.632. The molecule has 0 radical (unpaired) electrons. The van der Waals surface area contributed by atoms with Crippen LogP contribution < -0.4 is 15.4 Å². The molecule has 0 saturated heterocycles. The smallest absolute Gasteiger partial charge is 0.271 e. The van der Waals surface area contributed by atoms with Gasteiger partial charge in [-0.2, -0.15) is 0 Å². The minimum Gasteiger partial charge on any atom is -0.495 e. The molecule has 2 aromatic carbocycles. The number of carbonyl (C=O) groups is 1. The highest BCUT2D eigenvalue weighted by Crippen LogP contribution is 2.32. The summed E-state index contributed by atoms with van der Waals surface area (Å²) in [7, 11) is 1.57. The van der Waals surface area contributed by atoms with Crippen molar-refractivity contribution in [3.63, 3.8) is 0 Å². The third-order valence-electron chi connectivity index (χ3n) is 4.28. The summed E-state index contributed by atoms with van der Waals surface area (Å²) in [5, 5.41) is 6.67. The maximum Gasteiger partial charge on any atom is 0.271 e. The number of halogens is 1. The van der Waals surface area contributed by atoms with Crippen molar-refractivity contribution in [2.24, 2.45) is 0 Å². The number of anilines is 2. The largest absolute Gasteiger partial charge is 0.495 e. The first kappa shape index (κ1) is 19.6. The summed E-state index contributed by atoms with van der Waals surface area (Å²) in [6.45, 7) is 3.83. The number of carbonyl (C=O) groups excluding carboxylic acids is 1. The first-order chi connectivity index (χ1) is 13.5. The number of benzene rings is 2. The zero-order valence-corrected chi connectivity index (χ0v) is 16.6. The molecule has 0 fully saturated rings. The number of aromatic nitrogens is 2. The Morgan fingerprint density at radius 1 is 1.14 bits per heavy atom. The number of nitrogens with zero attached hydrogens (tertiary/aromatic N) is 2. The second kappa shape index (κ2) is 8.71. The molecule has 3 rings (SSSR count). The standard InChI is InChI=1S/C21H21ClN4O2/c1-13-9-17(19(28-3)10-16(13)22)26-20-12-23-18(11-24-20)21(27)25-14(2)15-7-5-4-6-8-15/h4-12,14H,1-3H3,(H,24,26)(H,25,27). The lowest BCUT2D eigenvalue weighted by atomic mass is 10.1. The maximum absolute atomic E-state index is 12.4. The predicted octanol–water partition coefficient (Wildman–Crippen LogP) is 4.68. The molecule has 1 aromatic heterocycles. The van der Waals surface area contributed by atoms with Gasteiger partial charge >= 0.3 is 0 Å². The van der Waals surface area contributed by atoms with Crippen LogP contribution in [0.2, 0.25) is 5.02 Å². The van der Waals surface area contributed by atoms with Gasteiger partial charge in [-0.25, -0.2) is 9.97 Å². The molecule has 3 aromatic rings. The number of aryl methyl sites for hydroxylation is 1. The van der Waals surface area contributed by atoms with Crippen LogP contribution in [0.4, 0.5) is 11.5 Å². The van der Waals surface area contributed by atoms with Crippen LogP contribution in [0.25, 0.3) is 0 Å². The van der Waals surface area contributed by atoms with Gasteiger partial charge in [-0.15, -0.1) is 0 Å². The fourth-order valence-corrected chi connectivity index (χ4v) is 2.83. The first-order valence-corrected chi connectivity index (χ1v) is 9.14.